The molecule has 2 heterocycles. The Balaban J connectivity index is 2.14. The quantitative estimate of drug-likeness (QED) is 0.733. The number of alkyl halides is 1. The average Bonchev–Trinajstić information content (AvgIpc) is 2.28. The number of aliphatic hydroxyl groups is 1. The number of ether oxygens (including phenoxy) is 1. The molecule has 7 heteroatoms. The van der Waals surface area contributed by atoms with Crippen molar-refractivity contribution in [2.24, 2.45) is 0 Å². The van der Waals surface area contributed by atoms with Gasteiger partial charge in [-0.15, -0.1) is 0 Å². The topological polar surface area (TPSA) is 84.5 Å². The van der Waals surface area contributed by atoms with E-state index in [-0.39, 0.29) is 13.1 Å². The maximum absolute atomic E-state index is 13.7. The first-order valence-corrected chi connectivity index (χ1v) is 5.30. The Kier molecular flexibility index (Phi) is 3.39. The molecule has 0 aliphatic carbocycles. The lowest BCUT2D eigenvalue weighted by molar-refractivity contribution is -0.0627. The first-order valence-electron chi connectivity index (χ1n) is 5.30. The van der Waals surface area contributed by atoms with Crippen molar-refractivity contribution in [1.29, 1.82) is 0 Å². The van der Waals surface area contributed by atoms with Crippen LogP contribution in [0.4, 0.5) is 16.2 Å². The van der Waals surface area contributed by atoms with Gasteiger partial charge in [0.2, 0.25) is 5.95 Å². The number of anilines is 2. The lowest BCUT2D eigenvalue weighted by Gasteiger charge is -2.37. The van der Waals surface area contributed by atoms with E-state index in [4.69, 9.17) is 10.5 Å². The van der Waals surface area contributed by atoms with Gasteiger partial charge in [0.05, 0.1) is 6.54 Å². The molecule has 0 aromatic carbocycles. The summed E-state index contributed by atoms with van der Waals surface area (Å²) < 4.78 is 18.6. The summed E-state index contributed by atoms with van der Waals surface area (Å²) in [6.45, 7) is 0.307. The summed E-state index contributed by atoms with van der Waals surface area (Å²) in [5.41, 5.74) is 5.53. The Hall–Kier alpha value is -1.47. The van der Waals surface area contributed by atoms with E-state index in [1.54, 1.807) is 11.0 Å². The van der Waals surface area contributed by atoms with Crippen LogP contribution in [0.1, 0.15) is 0 Å². The van der Waals surface area contributed by atoms with Gasteiger partial charge in [-0.2, -0.15) is 4.98 Å². The second-order valence-corrected chi connectivity index (χ2v) is 3.97. The van der Waals surface area contributed by atoms with Crippen LogP contribution in [-0.2, 0) is 4.74 Å². The van der Waals surface area contributed by atoms with E-state index < -0.39 is 18.4 Å². The van der Waals surface area contributed by atoms with E-state index in [1.165, 1.54) is 13.3 Å². The summed E-state index contributed by atoms with van der Waals surface area (Å²) in [4.78, 5) is 9.55. The van der Waals surface area contributed by atoms with Crippen LogP contribution < -0.4 is 10.6 Å². The lowest BCUT2D eigenvalue weighted by atomic mass is 10.0. The summed E-state index contributed by atoms with van der Waals surface area (Å²) in [6, 6.07) is 1.55. The minimum atomic E-state index is -1.28. The van der Waals surface area contributed by atoms with Gasteiger partial charge in [0.1, 0.15) is 24.2 Å². The monoisotopic (exact) mass is 242 g/mol. The van der Waals surface area contributed by atoms with E-state index in [9.17, 15) is 9.50 Å². The summed E-state index contributed by atoms with van der Waals surface area (Å²) in [7, 11) is 1.38. The zero-order valence-electron chi connectivity index (χ0n) is 9.45. The summed E-state index contributed by atoms with van der Waals surface area (Å²) in [5.74, 6) is 0.634. The molecule has 0 amide bonds. The summed E-state index contributed by atoms with van der Waals surface area (Å²) in [5, 5.41) is 9.75. The van der Waals surface area contributed by atoms with Crippen LogP contribution in [0.15, 0.2) is 12.3 Å². The molecule has 3 atom stereocenters. The van der Waals surface area contributed by atoms with Crippen LogP contribution in [-0.4, -0.2) is 53.7 Å². The van der Waals surface area contributed by atoms with Crippen molar-refractivity contribution in [2.75, 3.05) is 30.8 Å². The first kappa shape index (κ1) is 12.0. The molecule has 94 valence electrons. The molecule has 0 radical (unpaired) electrons. The van der Waals surface area contributed by atoms with Gasteiger partial charge in [-0.05, 0) is 6.07 Å². The minimum Gasteiger partial charge on any atom is -0.388 e. The van der Waals surface area contributed by atoms with Crippen molar-refractivity contribution in [3.05, 3.63) is 12.3 Å². The molecule has 3 N–H and O–H groups in total. The number of nitrogens with two attached hydrogens (primary N) is 1. The molecular weight excluding hydrogens is 227 g/mol. The fraction of sp³-hybridized carbons (Fsp3) is 0.600. The van der Waals surface area contributed by atoms with Gasteiger partial charge in [0.15, 0.2) is 0 Å². The third-order valence-corrected chi connectivity index (χ3v) is 2.76. The van der Waals surface area contributed by atoms with Gasteiger partial charge >= 0.3 is 0 Å². The number of hydrogen-bond acceptors (Lipinski definition) is 6. The van der Waals surface area contributed by atoms with Gasteiger partial charge in [-0.3, -0.25) is 0 Å². The van der Waals surface area contributed by atoms with Crippen molar-refractivity contribution in [3.8, 4) is 0 Å². The number of β-amino-alcohol motifs (C(OH)–C–C–N with tert-alkyl or cyclic N) is 1. The largest absolute Gasteiger partial charge is 0.388 e. The summed E-state index contributed by atoms with van der Waals surface area (Å²) in [6.07, 6.45) is -1.49. The molecule has 0 saturated carbocycles. The molecule has 1 aromatic heterocycles. The number of aromatic nitrogens is 2. The molecule has 1 aromatic rings. The lowest BCUT2D eigenvalue weighted by Crippen LogP contribution is -2.55. The van der Waals surface area contributed by atoms with Crippen LogP contribution in [0.5, 0.6) is 0 Å². The first-order chi connectivity index (χ1) is 8.11. The van der Waals surface area contributed by atoms with Crippen molar-refractivity contribution in [2.45, 2.75) is 18.4 Å². The van der Waals surface area contributed by atoms with Gasteiger partial charge in [-0.25, -0.2) is 9.37 Å². The number of nitrogens with zero attached hydrogens (tertiary/aromatic N) is 3. The predicted molar refractivity (Wildman–Crippen MR) is 60.4 cm³/mol. The molecule has 17 heavy (non-hydrogen) atoms. The van der Waals surface area contributed by atoms with Crippen molar-refractivity contribution >= 4 is 11.8 Å². The number of nitrogen functional groups attached to an aromatic ring is 1. The highest BCUT2D eigenvalue weighted by atomic mass is 19.1. The Labute approximate surface area is 98.2 Å². The molecule has 1 fully saturated rings. The normalized spacial score (nSPS) is 29.4. The van der Waals surface area contributed by atoms with Crippen LogP contribution in [0.3, 0.4) is 0 Å². The van der Waals surface area contributed by atoms with E-state index in [0.717, 1.165) is 0 Å². The van der Waals surface area contributed by atoms with Gasteiger partial charge in [-0.1, -0.05) is 0 Å². The van der Waals surface area contributed by atoms with E-state index in [0.29, 0.717) is 11.8 Å². The van der Waals surface area contributed by atoms with E-state index >= 15 is 0 Å². The second-order valence-electron chi connectivity index (χ2n) is 3.97. The molecule has 1 aliphatic rings. The predicted octanol–water partition coefficient (Wildman–Crippen LogP) is -0.407. The third kappa shape index (κ3) is 2.45. The molecule has 1 aliphatic heterocycles. The fourth-order valence-corrected chi connectivity index (χ4v) is 1.94. The van der Waals surface area contributed by atoms with E-state index in [2.05, 4.69) is 9.97 Å². The van der Waals surface area contributed by atoms with Crippen molar-refractivity contribution in [1.82, 2.24) is 9.97 Å². The zero-order valence-corrected chi connectivity index (χ0v) is 9.45. The van der Waals surface area contributed by atoms with Crippen molar-refractivity contribution < 1.29 is 14.2 Å². The maximum Gasteiger partial charge on any atom is 0.227 e. The van der Waals surface area contributed by atoms with Crippen LogP contribution in [0.2, 0.25) is 0 Å². The zero-order chi connectivity index (χ0) is 12.4. The Morgan fingerprint density at radius 3 is 2.94 bits per heavy atom. The second kappa shape index (κ2) is 4.80. The molecule has 1 saturated heterocycles. The molecule has 0 bridgehead atoms. The molecule has 6 nitrogen and oxygen atoms in total. The van der Waals surface area contributed by atoms with Crippen LogP contribution in [0.25, 0.3) is 0 Å². The number of methoxy groups -OCH3 is 1. The third-order valence-electron chi connectivity index (χ3n) is 2.76. The SMILES string of the molecule is COC1C(O)CN(c2nccc(N)n2)CC1F. The summed E-state index contributed by atoms with van der Waals surface area (Å²) >= 11 is 0. The molecule has 2 rings (SSSR count). The number of piperidine rings is 1. The highest BCUT2D eigenvalue weighted by Crippen LogP contribution is 2.21. The van der Waals surface area contributed by atoms with Gasteiger partial charge in [0.25, 0.3) is 0 Å². The Morgan fingerprint density at radius 1 is 1.59 bits per heavy atom. The number of halogens is 1. The minimum absolute atomic E-state index is 0.0824. The standard InChI is InChI=1S/C10H15FN4O2/c1-17-9-6(11)4-15(5-7(9)16)10-13-3-2-8(12)14-10/h2-3,6-7,9,16H,4-5H2,1H3,(H2,12,13,14). The Bertz CT molecular complexity index is 380. The molecule has 3 unspecified atom stereocenters. The average molecular weight is 242 g/mol. The van der Waals surface area contributed by atoms with Gasteiger partial charge < -0.3 is 20.5 Å². The van der Waals surface area contributed by atoms with Crippen molar-refractivity contribution in [3.63, 3.8) is 0 Å². The highest BCUT2D eigenvalue weighted by molar-refractivity contribution is 5.38. The van der Waals surface area contributed by atoms with Crippen LogP contribution >= 0.6 is 0 Å². The fourth-order valence-electron chi connectivity index (χ4n) is 1.94. The van der Waals surface area contributed by atoms with Crippen LogP contribution in [0, 0.1) is 0 Å². The maximum atomic E-state index is 13.7. The number of aliphatic hydroxyl groups excluding tert-OH is 1. The smallest absolute Gasteiger partial charge is 0.227 e. The number of rotatable bonds is 2. The molecule has 0 spiro atoms. The Morgan fingerprint density at radius 2 is 2.35 bits per heavy atom. The van der Waals surface area contributed by atoms with Gasteiger partial charge in [0, 0.05) is 19.9 Å². The highest BCUT2D eigenvalue weighted by Gasteiger charge is 2.37. The van der Waals surface area contributed by atoms with E-state index in [1.807, 2.05) is 0 Å². The molecular formula is C10H15FN4O2. The number of hydrogen-bond donors (Lipinski definition) is 2.